The van der Waals surface area contributed by atoms with Crippen molar-refractivity contribution in [2.75, 3.05) is 4.90 Å². The zero-order chi connectivity index (χ0) is 35.3. The SMILES string of the molecule is CC(C)(C)C(=O)/C=C(\O)C(C)(C)C.CC(C)c1[c-]c(-c2nccc3c2ccc2ccccc23)cc(N(c2ccccc2)c2ccccc2)c1.[Ir]. The van der Waals surface area contributed by atoms with Crippen molar-refractivity contribution in [1.29, 1.82) is 0 Å². The average molecular weight is 840 g/mol. The Labute approximate surface area is 311 Å². The number of hydrogen-bond acceptors (Lipinski definition) is 4. The number of hydrogen-bond donors (Lipinski definition) is 1. The van der Waals surface area contributed by atoms with Crippen molar-refractivity contribution in [3.05, 3.63) is 145 Å². The Morgan fingerprint density at radius 3 is 1.84 bits per heavy atom. The standard InChI is InChI=1S/C34H27N2.C11H20O2.Ir/c1-24(2)26-21-27(34-33-18-17-25-11-9-10-16-31(25)32(33)19-20-35-34)23-30(22-26)36(28-12-5-3-6-13-28)29-14-7-4-8-15-29;1-10(2,3)8(12)7-9(13)11(4,5)6;/h3-20,22-24H,1-2H3;7,12H,1-6H3;/q-1;;/b;8-7-;. The normalized spacial score (nSPS) is 11.9. The summed E-state index contributed by atoms with van der Waals surface area (Å²) >= 11 is 0. The number of ketones is 1. The minimum Gasteiger partial charge on any atom is -0.512 e. The molecule has 1 heterocycles. The molecule has 0 aliphatic heterocycles. The molecule has 0 aliphatic rings. The molecule has 6 aromatic rings. The first-order valence-corrected chi connectivity index (χ1v) is 16.9. The fourth-order valence-electron chi connectivity index (χ4n) is 5.45. The van der Waals surface area contributed by atoms with Gasteiger partial charge in [0.2, 0.25) is 0 Å². The van der Waals surface area contributed by atoms with E-state index >= 15 is 0 Å². The van der Waals surface area contributed by atoms with Crippen LogP contribution in [0.1, 0.15) is 66.9 Å². The van der Waals surface area contributed by atoms with Crippen molar-refractivity contribution in [1.82, 2.24) is 4.98 Å². The molecule has 0 spiro atoms. The Morgan fingerprint density at radius 1 is 0.700 bits per heavy atom. The number of para-hydroxylation sites is 2. The Balaban J connectivity index is 0.000000345. The summed E-state index contributed by atoms with van der Waals surface area (Å²) in [5.41, 5.74) is 5.71. The van der Waals surface area contributed by atoms with Gasteiger partial charge in [0.05, 0.1) is 0 Å². The van der Waals surface area contributed by atoms with Crippen LogP contribution >= 0.6 is 0 Å². The Hall–Kier alpha value is -4.57. The van der Waals surface area contributed by atoms with Crippen LogP contribution in [0.3, 0.4) is 0 Å². The molecule has 1 aromatic heterocycles. The molecule has 0 fully saturated rings. The van der Waals surface area contributed by atoms with Crippen LogP contribution in [0.4, 0.5) is 17.1 Å². The maximum Gasteiger partial charge on any atom is 0.164 e. The third-order valence-electron chi connectivity index (χ3n) is 8.48. The predicted molar refractivity (Wildman–Crippen MR) is 207 cm³/mol. The number of aliphatic hydroxyl groups excluding tert-OH is 1. The summed E-state index contributed by atoms with van der Waals surface area (Å²) in [5.74, 6) is 0.431. The summed E-state index contributed by atoms with van der Waals surface area (Å²) < 4.78 is 0. The third kappa shape index (κ3) is 8.96. The predicted octanol–water partition coefficient (Wildman–Crippen LogP) is 12.5. The van der Waals surface area contributed by atoms with Gasteiger partial charge in [-0.25, -0.2) is 0 Å². The first-order valence-electron chi connectivity index (χ1n) is 16.9. The number of allylic oxidation sites excluding steroid dienone is 2. The second-order valence-corrected chi connectivity index (χ2v) is 14.8. The molecule has 0 bridgehead atoms. The van der Waals surface area contributed by atoms with Gasteiger partial charge < -0.3 is 15.0 Å². The van der Waals surface area contributed by atoms with E-state index in [0.717, 1.165) is 33.7 Å². The molecule has 1 radical (unpaired) electrons. The first-order chi connectivity index (χ1) is 23.2. The van der Waals surface area contributed by atoms with E-state index in [-0.39, 0.29) is 37.1 Å². The molecule has 50 heavy (non-hydrogen) atoms. The van der Waals surface area contributed by atoms with E-state index in [9.17, 15) is 9.90 Å². The van der Waals surface area contributed by atoms with E-state index in [1.165, 1.54) is 27.8 Å². The number of rotatable bonds is 6. The van der Waals surface area contributed by atoms with E-state index < -0.39 is 5.41 Å². The third-order valence-corrected chi connectivity index (χ3v) is 8.48. The number of pyridine rings is 1. The summed E-state index contributed by atoms with van der Waals surface area (Å²) in [6.07, 6.45) is 3.26. The Bertz CT molecular complexity index is 2050. The zero-order valence-electron chi connectivity index (χ0n) is 30.3. The zero-order valence-corrected chi connectivity index (χ0v) is 32.7. The fraction of sp³-hybridized carbons (Fsp3) is 0.244. The Morgan fingerprint density at radius 2 is 1.28 bits per heavy atom. The molecule has 259 valence electrons. The minimum absolute atomic E-state index is 0. The van der Waals surface area contributed by atoms with Crippen LogP contribution in [0.2, 0.25) is 0 Å². The van der Waals surface area contributed by atoms with Gasteiger partial charge in [0.1, 0.15) is 5.76 Å². The van der Waals surface area contributed by atoms with Gasteiger partial charge in [-0.1, -0.05) is 128 Å². The topological polar surface area (TPSA) is 53.4 Å². The molecule has 5 aromatic carbocycles. The quantitative estimate of drug-likeness (QED) is 0.0786. The number of aliphatic hydroxyl groups is 1. The van der Waals surface area contributed by atoms with E-state index in [0.29, 0.717) is 5.92 Å². The number of carbonyl (C=O) groups excluding carboxylic acids is 1. The van der Waals surface area contributed by atoms with Crippen LogP contribution < -0.4 is 4.90 Å². The minimum atomic E-state index is -0.417. The van der Waals surface area contributed by atoms with Crippen molar-refractivity contribution >= 4 is 44.4 Å². The molecule has 0 aliphatic carbocycles. The van der Waals surface area contributed by atoms with Crippen molar-refractivity contribution in [3.8, 4) is 11.3 Å². The monoisotopic (exact) mass is 840 g/mol. The van der Waals surface area contributed by atoms with Crippen LogP contribution in [0, 0.1) is 16.9 Å². The van der Waals surface area contributed by atoms with Crippen LogP contribution in [0.15, 0.2) is 133 Å². The molecule has 4 nitrogen and oxygen atoms in total. The number of aromatic nitrogens is 1. The maximum absolute atomic E-state index is 11.5. The van der Waals surface area contributed by atoms with Gasteiger partial charge in [0, 0.05) is 54.6 Å². The van der Waals surface area contributed by atoms with E-state index in [1.807, 2.05) is 47.7 Å². The summed E-state index contributed by atoms with van der Waals surface area (Å²) in [4.78, 5) is 18.7. The Kier molecular flexibility index (Phi) is 12.2. The van der Waals surface area contributed by atoms with Gasteiger partial charge in [-0.05, 0) is 69.2 Å². The van der Waals surface area contributed by atoms with Crippen LogP contribution in [0.25, 0.3) is 32.8 Å². The van der Waals surface area contributed by atoms with Gasteiger partial charge in [-0.15, -0.1) is 29.3 Å². The number of nitrogens with zero attached hydrogens (tertiary/aromatic N) is 2. The smallest absolute Gasteiger partial charge is 0.164 e. The first kappa shape index (κ1) is 38.2. The van der Waals surface area contributed by atoms with Crippen molar-refractivity contribution in [2.24, 2.45) is 10.8 Å². The van der Waals surface area contributed by atoms with Gasteiger partial charge >= 0.3 is 0 Å². The second-order valence-electron chi connectivity index (χ2n) is 14.8. The largest absolute Gasteiger partial charge is 0.512 e. The van der Waals surface area contributed by atoms with Crippen LogP contribution in [-0.4, -0.2) is 15.9 Å². The molecule has 1 N–H and O–H groups in total. The van der Waals surface area contributed by atoms with Crippen molar-refractivity contribution in [3.63, 3.8) is 0 Å². The van der Waals surface area contributed by atoms with E-state index in [4.69, 9.17) is 4.98 Å². The summed E-state index contributed by atoms with van der Waals surface area (Å²) in [6, 6.07) is 44.3. The van der Waals surface area contributed by atoms with Gasteiger partial charge in [-0.3, -0.25) is 4.79 Å². The summed E-state index contributed by atoms with van der Waals surface area (Å²) in [5, 5.41) is 14.4. The molecular weight excluding hydrogens is 793 g/mol. The molecule has 6 rings (SSSR count). The summed E-state index contributed by atoms with van der Waals surface area (Å²) in [7, 11) is 0. The molecule has 0 saturated heterocycles. The number of anilines is 3. The van der Waals surface area contributed by atoms with Crippen LogP contribution in [0.5, 0.6) is 0 Å². The molecule has 0 amide bonds. The number of fused-ring (bicyclic) bond motifs is 3. The summed E-state index contributed by atoms with van der Waals surface area (Å²) in [6.45, 7) is 15.6. The average Bonchev–Trinajstić information content (AvgIpc) is 3.08. The number of benzene rings is 5. The molecule has 0 saturated carbocycles. The van der Waals surface area contributed by atoms with Gasteiger partial charge in [-0.2, -0.15) is 0 Å². The van der Waals surface area contributed by atoms with Crippen LogP contribution in [-0.2, 0) is 24.9 Å². The molecule has 5 heteroatoms. The van der Waals surface area contributed by atoms with Crippen molar-refractivity contribution < 1.29 is 30.0 Å². The molecular formula is C45H47IrN2O2-. The molecule has 0 unspecified atom stereocenters. The van der Waals surface area contributed by atoms with E-state index in [2.05, 4.69) is 140 Å². The van der Waals surface area contributed by atoms with Crippen molar-refractivity contribution in [2.45, 2.75) is 61.3 Å². The second kappa shape index (κ2) is 16.0. The number of carbonyl (C=O) groups is 1. The van der Waals surface area contributed by atoms with E-state index in [1.54, 1.807) is 0 Å². The van der Waals surface area contributed by atoms with Gasteiger partial charge in [0.15, 0.2) is 5.78 Å². The van der Waals surface area contributed by atoms with Gasteiger partial charge in [0.25, 0.3) is 0 Å². The fourth-order valence-corrected chi connectivity index (χ4v) is 5.45. The maximum atomic E-state index is 11.5. The molecule has 0 atom stereocenters.